The van der Waals surface area contributed by atoms with Crippen LogP contribution in [0.15, 0.2) is 22.7 Å². The number of methoxy groups -OCH3 is 1. The summed E-state index contributed by atoms with van der Waals surface area (Å²) in [5.41, 5.74) is 5.71. The SMILES string of the molecule is COc1nc(N)nc(-c2cc(Br)ccc2F)n1. The summed E-state index contributed by atoms with van der Waals surface area (Å²) in [6, 6.07) is 4.50. The molecule has 0 atom stereocenters. The van der Waals surface area contributed by atoms with Crippen molar-refractivity contribution in [2.45, 2.75) is 0 Å². The van der Waals surface area contributed by atoms with Crippen LogP contribution in [0.5, 0.6) is 6.01 Å². The molecule has 17 heavy (non-hydrogen) atoms. The van der Waals surface area contributed by atoms with Crippen LogP contribution in [0.3, 0.4) is 0 Å². The van der Waals surface area contributed by atoms with E-state index in [1.165, 1.54) is 13.2 Å². The highest BCUT2D eigenvalue weighted by molar-refractivity contribution is 9.10. The highest BCUT2D eigenvalue weighted by Gasteiger charge is 2.12. The average Bonchev–Trinajstić information content (AvgIpc) is 2.31. The summed E-state index contributed by atoms with van der Waals surface area (Å²) in [4.78, 5) is 11.5. The number of benzene rings is 1. The minimum atomic E-state index is -0.444. The Bertz CT molecular complexity index is 564. The Kier molecular flexibility index (Phi) is 3.19. The van der Waals surface area contributed by atoms with Gasteiger partial charge in [-0.25, -0.2) is 4.39 Å². The van der Waals surface area contributed by atoms with Gasteiger partial charge in [0.05, 0.1) is 12.7 Å². The summed E-state index contributed by atoms with van der Waals surface area (Å²) < 4.78 is 19.2. The summed E-state index contributed by atoms with van der Waals surface area (Å²) in [7, 11) is 1.40. The van der Waals surface area contributed by atoms with E-state index in [-0.39, 0.29) is 23.3 Å². The zero-order chi connectivity index (χ0) is 12.4. The quantitative estimate of drug-likeness (QED) is 0.918. The van der Waals surface area contributed by atoms with Crippen LogP contribution in [-0.4, -0.2) is 22.1 Å². The van der Waals surface area contributed by atoms with Crippen molar-refractivity contribution in [1.29, 1.82) is 0 Å². The number of nitrogens with two attached hydrogens (primary N) is 1. The number of halogens is 2. The minimum absolute atomic E-state index is 0.0220. The molecule has 0 bridgehead atoms. The number of anilines is 1. The van der Waals surface area contributed by atoms with Crippen molar-refractivity contribution in [3.05, 3.63) is 28.5 Å². The maximum atomic E-state index is 13.6. The molecule has 0 aliphatic carbocycles. The second-order valence-corrected chi connectivity index (χ2v) is 4.04. The lowest BCUT2D eigenvalue weighted by Crippen LogP contribution is -2.03. The lowest BCUT2D eigenvalue weighted by molar-refractivity contribution is 0.379. The van der Waals surface area contributed by atoms with Crippen molar-refractivity contribution in [1.82, 2.24) is 15.0 Å². The van der Waals surface area contributed by atoms with Crippen LogP contribution >= 0.6 is 15.9 Å². The van der Waals surface area contributed by atoms with Gasteiger partial charge in [-0.15, -0.1) is 0 Å². The Labute approximate surface area is 105 Å². The molecule has 0 saturated heterocycles. The molecule has 2 aromatic rings. The average molecular weight is 299 g/mol. The summed E-state index contributed by atoms with van der Waals surface area (Å²) in [6.07, 6.45) is 0. The van der Waals surface area contributed by atoms with E-state index in [2.05, 4.69) is 30.9 Å². The van der Waals surface area contributed by atoms with Gasteiger partial charge in [0.15, 0.2) is 5.82 Å². The summed E-state index contributed by atoms with van der Waals surface area (Å²) in [5, 5.41) is 0. The third-order valence-corrected chi connectivity index (χ3v) is 2.48. The fourth-order valence-corrected chi connectivity index (χ4v) is 1.61. The van der Waals surface area contributed by atoms with Crippen LogP contribution in [-0.2, 0) is 0 Å². The molecule has 0 aliphatic rings. The Balaban J connectivity index is 2.59. The van der Waals surface area contributed by atoms with Crippen molar-refractivity contribution in [2.75, 3.05) is 12.8 Å². The molecule has 0 saturated carbocycles. The van der Waals surface area contributed by atoms with E-state index in [1.807, 2.05) is 0 Å². The Hall–Kier alpha value is -1.76. The lowest BCUT2D eigenvalue weighted by Gasteiger charge is -2.05. The summed E-state index contributed by atoms with van der Waals surface area (Å²) >= 11 is 3.25. The fraction of sp³-hybridized carbons (Fsp3) is 0.100. The van der Waals surface area contributed by atoms with Gasteiger partial charge in [0.1, 0.15) is 5.82 Å². The molecule has 2 N–H and O–H groups in total. The normalized spacial score (nSPS) is 10.3. The van der Waals surface area contributed by atoms with E-state index in [0.29, 0.717) is 4.47 Å². The first-order valence-corrected chi connectivity index (χ1v) is 5.40. The number of hydrogen-bond acceptors (Lipinski definition) is 5. The van der Waals surface area contributed by atoms with E-state index >= 15 is 0 Å². The minimum Gasteiger partial charge on any atom is -0.467 e. The molecule has 5 nitrogen and oxygen atoms in total. The molecule has 1 heterocycles. The first kappa shape index (κ1) is 11.7. The van der Waals surface area contributed by atoms with Crippen LogP contribution in [0, 0.1) is 5.82 Å². The second kappa shape index (κ2) is 4.62. The molecular weight excluding hydrogens is 291 g/mol. The number of hydrogen-bond donors (Lipinski definition) is 1. The van der Waals surface area contributed by atoms with Crippen molar-refractivity contribution in [3.63, 3.8) is 0 Å². The molecule has 0 spiro atoms. The smallest absolute Gasteiger partial charge is 0.321 e. The van der Waals surface area contributed by atoms with E-state index < -0.39 is 5.82 Å². The van der Waals surface area contributed by atoms with Gasteiger partial charge in [-0.2, -0.15) is 15.0 Å². The topological polar surface area (TPSA) is 73.9 Å². The summed E-state index contributed by atoms with van der Waals surface area (Å²) in [6.45, 7) is 0. The molecule has 2 rings (SSSR count). The first-order valence-electron chi connectivity index (χ1n) is 4.61. The lowest BCUT2D eigenvalue weighted by atomic mass is 10.2. The predicted molar refractivity (Wildman–Crippen MR) is 63.9 cm³/mol. The number of nitrogens with zero attached hydrogens (tertiary/aromatic N) is 3. The van der Waals surface area contributed by atoms with E-state index in [0.717, 1.165) is 0 Å². The van der Waals surface area contributed by atoms with Crippen LogP contribution in [0.25, 0.3) is 11.4 Å². The van der Waals surface area contributed by atoms with E-state index in [4.69, 9.17) is 10.5 Å². The van der Waals surface area contributed by atoms with Crippen molar-refractivity contribution >= 4 is 21.9 Å². The van der Waals surface area contributed by atoms with E-state index in [9.17, 15) is 4.39 Å². The van der Waals surface area contributed by atoms with Gasteiger partial charge in [-0.05, 0) is 18.2 Å². The molecular formula is C10H8BrFN4O. The molecule has 7 heteroatoms. The van der Waals surface area contributed by atoms with Gasteiger partial charge in [0.2, 0.25) is 5.95 Å². The molecule has 0 radical (unpaired) electrons. The molecule has 1 aromatic heterocycles. The fourth-order valence-electron chi connectivity index (χ4n) is 1.25. The van der Waals surface area contributed by atoms with Crippen LogP contribution < -0.4 is 10.5 Å². The maximum absolute atomic E-state index is 13.6. The second-order valence-electron chi connectivity index (χ2n) is 3.13. The molecule has 0 aliphatic heterocycles. The molecule has 0 amide bonds. The Morgan fingerprint density at radius 3 is 2.76 bits per heavy atom. The summed E-state index contributed by atoms with van der Waals surface area (Å²) in [5.74, 6) is -0.333. The third-order valence-electron chi connectivity index (χ3n) is 1.98. The van der Waals surface area contributed by atoms with Gasteiger partial charge in [0.25, 0.3) is 0 Å². The largest absolute Gasteiger partial charge is 0.467 e. The van der Waals surface area contributed by atoms with Crippen LogP contribution in [0.2, 0.25) is 0 Å². The van der Waals surface area contributed by atoms with Gasteiger partial charge >= 0.3 is 6.01 Å². The third kappa shape index (κ3) is 2.50. The van der Waals surface area contributed by atoms with Crippen molar-refractivity contribution in [3.8, 4) is 17.4 Å². The van der Waals surface area contributed by atoms with Gasteiger partial charge in [-0.3, -0.25) is 0 Å². The highest BCUT2D eigenvalue weighted by Crippen LogP contribution is 2.24. The van der Waals surface area contributed by atoms with E-state index in [1.54, 1.807) is 12.1 Å². The monoisotopic (exact) mass is 298 g/mol. The van der Waals surface area contributed by atoms with Crippen LogP contribution in [0.4, 0.5) is 10.3 Å². The Morgan fingerprint density at radius 1 is 1.29 bits per heavy atom. The molecule has 1 aromatic carbocycles. The highest BCUT2D eigenvalue weighted by atomic mass is 79.9. The maximum Gasteiger partial charge on any atom is 0.321 e. The number of aromatic nitrogens is 3. The molecule has 0 fully saturated rings. The van der Waals surface area contributed by atoms with Crippen molar-refractivity contribution < 1.29 is 9.13 Å². The number of nitrogen functional groups attached to an aromatic ring is 1. The standard InChI is InChI=1S/C10H8BrFN4O/c1-17-10-15-8(14-9(13)16-10)6-4-5(11)2-3-7(6)12/h2-4H,1H3,(H2,13,14,15,16). The van der Waals surface area contributed by atoms with Gasteiger partial charge < -0.3 is 10.5 Å². The number of rotatable bonds is 2. The van der Waals surface area contributed by atoms with Crippen molar-refractivity contribution in [2.24, 2.45) is 0 Å². The molecule has 0 unspecified atom stereocenters. The van der Waals surface area contributed by atoms with Gasteiger partial charge in [0, 0.05) is 4.47 Å². The number of ether oxygens (including phenoxy) is 1. The zero-order valence-corrected chi connectivity index (χ0v) is 10.4. The Morgan fingerprint density at radius 2 is 2.06 bits per heavy atom. The predicted octanol–water partition coefficient (Wildman–Crippen LogP) is 2.03. The first-order chi connectivity index (χ1) is 8.10. The van der Waals surface area contributed by atoms with Crippen LogP contribution in [0.1, 0.15) is 0 Å². The molecule has 88 valence electrons. The van der Waals surface area contributed by atoms with Gasteiger partial charge in [-0.1, -0.05) is 15.9 Å². The zero-order valence-electron chi connectivity index (χ0n) is 8.82.